The van der Waals surface area contributed by atoms with Crippen LogP contribution < -0.4 is 0 Å². The third kappa shape index (κ3) is 4.31. The van der Waals surface area contributed by atoms with Gasteiger partial charge in [-0.25, -0.2) is 13.5 Å². The molecule has 0 spiro atoms. The van der Waals surface area contributed by atoms with E-state index in [1.165, 1.54) is 0 Å². The molecule has 0 aliphatic heterocycles. The van der Waals surface area contributed by atoms with E-state index < -0.39 is 18.1 Å². The van der Waals surface area contributed by atoms with E-state index in [1.807, 2.05) is 0 Å². The van der Waals surface area contributed by atoms with E-state index in [1.54, 1.807) is 0 Å². The van der Waals surface area contributed by atoms with Crippen LogP contribution in [0, 0.1) is 0 Å². The summed E-state index contributed by atoms with van der Waals surface area (Å²) in [5, 5.41) is 0. The summed E-state index contributed by atoms with van der Waals surface area (Å²) in [5.74, 6) is 0. The second-order valence-corrected chi connectivity index (χ2v) is 1.85. The molecule has 0 aliphatic rings. The molecule has 0 bridgehead atoms. The monoisotopic (exact) mass is 202 g/mol. The van der Waals surface area contributed by atoms with Crippen molar-refractivity contribution < 1.29 is 31.1 Å². The first-order valence-electron chi connectivity index (χ1n) is 2.08. The fourth-order valence-corrected chi connectivity index (χ4v) is 0.302. The van der Waals surface area contributed by atoms with Gasteiger partial charge in [-0.15, -0.1) is 0 Å². The summed E-state index contributed by atoms with van der Waals surface area (Å²) in [6.45, 7) is 0. The molecular formula is C3HClF6O. The first-order chi connectivity index (χ1) is 4.65. The van der Waals surface area contributed by atoms with Crippen LogP contribution in [-0.2, 0) is 4.74 Å². The van der Waals surface area contributed by atoms with Crippen LogP contribution in [0.15, 0.2) is 0 Å². The van der Waals surface area contributed by atoms with E-state index in [4.69, 9.17) is 0 Å². The summed E-state index contributed by atoms with van der Waals surface area (Å²) in [5.41, 5.74) is -4.79. The lowest BCUT2D eigenvalue weighted by molar-refractivity contribution is -0.376. The van der Waals surface area contributed by atoms with E-state index in [-0.39, 0.29) is 0 Å². The summed E-state index contributed by atoms with van der Waals surface area (Å²) >= 11 is 3.79. The summed E-state index contributed by atoms with van der Waals surface area (Å²) in [7, 11) is 0. The van der Waals surface area contributed by atoms with Gasteiger partial charge >= 0.3 is 18.1 Å². The smallest absolute Gasteiger partial charge is 0.237 e. The third-order valence-corrected chi connectivity index (χ3v) is 0.583. The average Bonchev–Trinajstić information content (AvgIpc) is 1.56. The van der Waals surface area contributed by atoms with Crippen LogP contribution in [0.5, 0.6) is 0 Å². The number of hydrogen-bond acceptors (Lipinski definition) is 1. The molecule has 0 unspecified atom stereocenters. The molecule has 11 heavy (non-hydrogen) atoms. The summed E-state index contributed by atoms with van der Waals surface area (Å²) < 4.78 is 70.0. The van der Waals surface area contributed by atoms with Gasteiger partial charge < -0.3 is 0 Å². The molecule has 0 aromatic rings. The molecule has 0 atom stereocenters. The Morgan fingerprint density at radius 1 is 1.09 bits per heavy atom. The van der Waals surface area contributed by atoms with Crippen molar-refractivity contribution in [2.24, 2.45) is 0 Å². The zero-order valence-corrected chi connectivity index (χ0v) is 5.39. The fraction of sp³-hybridized carbons (Fsp3) is 1.00. The average molecular weight is 202 g/mol. The summed E-state index contributed by atoms with van der Waals surface area (Å²) in [6.07, 6.45) is -9.57. The minimum absolute atomic E-state index is 2.24. The van der Waals surface area contributed by atoms with E-state index in [9.17, 15) is 26.3 Å². The van der Waals surface area contributed by atoms with Crippen molar-refractivity contribution in [3.63, 3.8) is 0 Å². The second kappa shape index (κ2) is 3.06. The lowest BCUT2D eigenvalue weighted by Gasteiger charge is -2.17. The minimum Gasteiger partial charge on any atom is -0.237 e. The predicted octanol–water partition coefficient (Wildman–Crippen LogP) is 2.65. The Bertz CT molecular complexity index is 130. The highest BCUT2D eigenvalue weighted by atomic mass is 35.5. The van der Waals surface area contributed by atoms with Crippen LogP contribution in [0.25, 0.3) is 0 Å². The van der Waals surface area contributed by atoms with Gasteiger partial charge in [0.15, 0.2) is 0 Å². The van der Waals surface area contributed by atoms with Gasteiger partial charge in [-0.05, 0) is 11.6 Å². The lowest BCUT2D eigenvalue weighted by Crippen LogP contribution is -2.35. The highest BCUT2D eigenvalue weighted by Crippen LogP contribution is 2.33. The summed E-state index contributed by atoms with van der Waals surface area (Å²) in [6, 6.07) is 0. The van der Waals surface area contributed by atoms with Crippen molar-refractivity contribution in [3.8, 4) is 0 Å². The van der Waals surface area contributed by atoms with E-state index in [0.717, 1.165) is 0 Å². The van der Waals surface area contributed by atoms with Crippen LogP contribution in [0.2, 0.25) is 0 Å². The first kappa shape index (κ1) is 10.8. The summed E-state index contributed by atoms with van der Waals surface area (Å²) in [4.78, 5) is 0. The maximum absolute atomic E-state index is 11.5. The molecule has 0 aromatic heterocycles. The molecule has 0 radical (unpaired) electrons. The van der Waals surface area contributed by atoms with Crippen LogP contribution >= 0.6 is 11.6 Å². The Hall–Kier alpha value is -0.170. The van der Waals surface area contributed by atoms with Crippen molar-refractivity contribution >= 4 is 11.6 Å². The molecule has 0 rings (SSSR count). The van der Waals surface area contributed by atoms with E-state index >= 15 is 0 Å². The Morgan fingerprint density at radius 2 is 1.45 bits per heavy atom. The van der Waals surface area contributed by atoms with Crippen molar-refractivity contribution in [2.75, 3.05) is 0 Å². The topological polar surface area (TPSA) is 9.23 Å². The van der Waals surface area contributed by atoms with Gasteiger partial charge in [-0.1, -0.05) is 0 Å². The quantitative estimate of drug-likeness (QED) is 0.505. The Labute approximate surface area is 61.9 Å². The number of halogens is 7. The van der Waals surface area contributed by atoms with Crippen molar-refractivity contribution in [1.82, 2.24) is 0 Å². The fourth-order valence-electron chi connectivity index (χ4n) is 0.199. The zero-order valence-electron chi connectivity index (χ0n) is 4.63. The molecule has 0 aromatic carbocycles. The zero-order chi connectivity index (χ0) is 9.28. The number of ether oxygens (including phenoxy) is 1. The largest absolute Gasteiger partial charge is 0.445 e. The molecule has 0 saturated carbocycles. The lowest BCUT2D eigenvalue weighted by atomic mass is 10.7. The Kier molecular flexibility index (Phi) is 3.01. The molecule has 68 valence electrons. The molecule has 0 heterocycles. The van der Waals surface area contributed by atoms with Crippen LogP contribution in [0.3, 0.4) is 0 Å². The number of hydrogen-bond donors (Lipinski definition) is 0. The van der Waals surface area contributed by atoms with Gasteiger partial charge in [0.1, 0.15) is 0 Å². The predicted molar refractivity (Wildman–Crippen MR) is 22.8 cm³/mol. The molecule has 8 heteroatoms. The highest BCUT2D eigenvalue weighted by molar-refractivity contribution is 6.20. The maximum atomic E-state index is 11.5. The van der Waals surface area contributed by atoms with Gasteiger partial charge in [0, 0.05) is 0 Å². The van der Waals surface area contributed by atoms with Crippen molar-refractivity contribution in [3.05, 3.63) is 0 Å². The maximum Gasteiger partial charge on any atom is 0.445 e. The van der Waals surface area contributed by atoms with Gasteiger partial charge in [0.2, 0.25) is 0 Å². The van der Waals surface area contributed by atoms with Gasteiger partial charge in [-0.2, -0.15) is 17.6 Å². The van der Waals surface area contributed by atoms with Crippen LogP contribution in [0.1, 0.15) is 0 Å². The second-order valence-electron chi connectivity index (χ2n) is 1.41. The molecule has 1 nitrogen and oxygen atoms in total. The molecule has 0 aliphatic carbocycles. The molecule has 0 saturated heterocycles. The molecule has 0 amide bonds. The van der Waals surface area contributed by atoms with Crippen molar-refractivity contribution in [1.29, 1.82) is 0 Å². The number of alkyl halides is 7. The third-order valence-electron chi connectivity index (χ3n) is 0.506. The Balaban J connectivity index is 4.13. The first-order valence-corrected chi connectivity index (χ1v) is 2.46. The highest BCUT2D eigenvalue weighted by Gasteiger charge is 2.50. The van der Waals surface area contributed by atoms with Gasteiger partial charge in [0.25, 0.3) is 0 Å². The Morgan fingerprint density at radius 3 is 1.55 bits per heavy atom. The van der Waals surface area contributed by atoms with E-state index in [0.29, 0.717) is 0 Å². The normalized spacial score (nSPS) is 14.2. The van der Waals surface area contributed by atoms with Gasteiger partial charge in [0.05, 0.1) is 0 Å². The number of rotatable bonds is 3. The van der Waals surface area contributed by atoms with Gasteiger partial charge in [-0.3, -0.25) is 0 Å². The minimum atomic E-state index is -5.23. The van der Waals surface area contributed by atoms with Crippen molar-refractivity contribution in [2.45, 2.75) is 18.1 Å². The molecular weight excluding hydrogens is 201 g/mol. The molecule has 0 fully saturated rings. The SMILES string of the molecule is FC(F)C(F)(F)OC(F)(F)Cl. The van der Waals surface area contributed by atoms with Crippen LogP contribution in [0.4, 0.5) is 26.3 Å². The van der Waals surface area contributed by atoms with E-state index in [2.05, 4.69) is 16.3 Å². The standard InChI is InChI=1S/C3HClF6O/c4-3(9,10)11-2(7,8)1(5)6/h1H. The molecule has 0 N–H and O–H groups in total. The van der Waals surface area contributed by atoms with Crippen LogP contribution in [-0.4, -0.2) is 18.1 Å².